The molecule has 3 rings (SSSR count). The molecule has 1 saturated heterocycles. The number of benzene rings is 1. The van der Waals surface area contributed by atoms with E-state index in [-0.39, 0.29) is 5.91 Å². The van der Waals surface area contributed by atoms with Crippen molar-refractivity contribution < 1.29 is 4.79 Å². The van der Waals surface area contributed by atoms with Crippen LogP contribution in [0.1, 0.15) is 35.7 Å². The number of imidazole rings is 1. The maximum absolute atomic E-state index is 12.6. The Morgan fingerprint density at radius 3 is 2.38 bits per heavy atom. The first-order chi connectivity index (χ1) is 11.6. The molecule has 5 nitrogen and oxygen atoms in total. The zero-order valence-corrected chi connectivity index (χ0v) is 14.6. The van der Waals surface area contributed by atoms with Gasteiger partial charge in [-0.1, -0.05) is 26.0 Å². The minimum absolute atomic E-state index is 0.152. The Morgan fingerprint density at radius 2 is 1.79 bits per heavy atom. The average Bonchev–Trinajstić information content (AvgIpc) is 3.13. The van der Waals surface area contributed by atoms with Gasteiger partial charge in [-0.3, -0.25) is 9.69 Å². The Hall–Kier alpha value is -2.14. The number of rotatable bonds is 5. The van der Waals surface area contributed by atoms with E-state index < -0.39 is 0 Å². The molecule has 0 atom stereocenters. The van der Waals surface area contributed by atoms with Gasteiger partial charge in [-0.05, 0) is 23.6 Å². The summed E-state index contributed by atoms with van der Waals surface area (Å²) in [6, 6.07) is 8.06. The van der Waals surface area contributed by atoms with Gasteiger partial charge in [0, 0.05) is 57.2 Å². The Bertz CT molecular complexity index is 641. The van der Waals surface area contributed by atoms with Gasteiger partial charge in [-0.15, -0.1) is 0 Å². The topological polar surface area (TPSA) is 41.4 Å². The van der Waals surface area contributed by atoms with E-state index in [4.69, 9.17) is 0 Å². The summed E-state index contributed by atoms with van der Waals surface area (Å²) in [6.07, 6.45) is 5.64. The van der Waals surface area contributed by atoms with E-state index in [2.05, 4.69) is 40.4 Å². The molecule has 1 fully saturated rings. The second-order valence-electron chi connectivity index (χ2n) is 6.71. The normalized spacial score (nSPS) is 15.9. The second-order valence-corrected chi connectivity index (χ2v) is 6.71. The monoisotopic (exact) mass is 326 g/mol. The van der Waals surface area contributed by atoms with Crippen molar-refractivity contribution in [3.8, 4) is 0 Å². The molecule has 0 aliphatic carbocycles. The van der Waals surface area contributed by atoms with Crippen molar-refractivity contribution in [2.45, 2.75) is 26.3 Å². The maximum atomic E-state index is 12.6. The van der Waals surface area contributed by atoms with Crippen LogP contribution in [0, 0.1) is 0 Å². The quantitative estimate of drug-likeness (QED) is 0.847. The second kappa shape index (κ2) is 7.62. The van der Waals surface area contributed by atoms with Gasteiger partial charge in [0.05, 0.1) is 6.33 Å². The molecular formula is C19H26N4O. The molecule has 1 aliphatic rings. The number of carbonyl (C=O) groups excluding carboxylic acids is 1. The van der Waals surface area contributed by atoms with E-state index in [1.807, 2.05) is 29.6 Å². The Balaban J connectivity index is 1.49. The molecule has 5 heteroatoms. The summed E-state index contributed by atoms with van der Waals surface area (Å²) in [7, 11) is 0. The van der Waals surface area contributed by atoms with Crippen LogP contribution >= 0.6 is 0 Å². The molecule has 1 aromatic heterocycles. The van der Waals surface area contributed by atoms with E-state index >= 15 is 0 Å². The summed E-state index contributed by atoms with van der Waals surface area (Å²) < 4.78 is 2.09. The smallest absolute Gasteiger partial charge is 0.253 e. The highest BCUT2D eigenvalue weighted by Gasteiger charge is 2.21. The van der Waals surface area contributed by atoms with Crippen LogP contribution in [0.15, 0.2) is 43.0 Å². The third-order valence-corrected chi connectivity index (χ3v) is 4.72. The van der Waals surface area contributed by atoms with E-state index in [9.17, 15) is 4.79 Å². The molecule has 0 radical (unpaired) electrons. The number of amides is 1. The first kappa shape index (κ1) is 16.7. The van der Waals surface area contributed by atoms with Crippen molar-refractivity contribution in [2.75, 3.05) is 32.7 Å². The molecule has 24 heavy (non-hydrogen) atoms. The fraction of sp³-hybridized carbons (Fsp3) is 0.474. The molecule has 1 aliphatic heterocycles. The van der Waals surface area contributed by atoms with Gasteiger partial charge in [0.25, 0.3) is 5.91 Å². The number of hydrogen-bond donors (Lipinski definition) is 0. The van der Waals surface area contributed by atoms with Crippen LogP contribution in [-0.4, -0.2) is 58.0 Å². The summed E-state index contributed by atoms with van der Waals surface area (Å²) in [5.74, 6) is 0.646. The molecule has 128 valence electrons. The average molecular weight is 326 g/mol. The standard InChI is InChI=1S/C19H26N4O/c1-16(2)17-3-5-18(6-4-17)19(24)23-13-11-21(12-14-23)9-10-22-8-7-20-15-22/h3-8,15-16H,9-14H2,1-2H3. The van der Waals surface area contributed by atoms with E-state index in [1.54, 1.807) is 6.20 Å². The number of nitrogens with zero attached hydrogens (tertiary/aromatic N) is 4. The maximum Gasteiger partial charge on any atom is 0.253 e. The Labute approximate surface area is 143 Å². The molecule has 2 heterocycles. The lowest BCUT2D eigenvalue weighted by molar-refractivity contribution is 0.0633. The molecule has 1 amide bonds. The molecule has 0 saturated carbocycles. The third kappa shape index (κ3) is 4.03. The summed E-state index contributed by atoms with van der Waals surface area (Å²) >= 11 is 0. The predicted octanol–water partition coefficient (Wildman–Crippen LogP) is 2.46. The van der Waals surface area contributed by atoms with Gasteiger partial charge >= 0.3 is 0 Å². The molecular weight excluding hydrogens is 300 g/mol. The predicted molar refractivity (Wildman–Crippen MR) is 95.1 cm³/mol. The van der Waals surface area contributed by atoms with Crippen LogP contribution < -0.4 is 0 Å². The SMILES string of the molecule is CC(C)c1ccc(C(=O)N2CCN(CCn3ccnc3)CC2)cc1. The van der Waals surface area contributed by atoms with Crippen LogP contribution in [0.3, 0.4) is 0 Å². The minimum atomic E-state index is 0.152. The van der Waals surface area contributed by atoms with Crippen LogP contribution in [0.2, 0.25) is 0 Å². The van der Waals surface area contributed by atoms with Crippen molar-refractivity contribution in [1.82, 2.24) is 19.4 Å². The van der Waals surface area contributed by atoms with Crippen molar-refractivity contribution in [3.05, 3.63) is 54.1 Å². The first-order valence-electron chi connectivity index (χ1n) is 8.71. The van der Waals surface area contributed by atoms with Crippen molar-refractivity contribution >= 4 is 5.91 Å². The number of aromatic nitrogens is 2. The lowest BCUT2D eigenvalue weighted by Gasteiger charge is -2.34. The summed E-state index contributed by atoms with van der Waals surface area (Å²) in [5, 5.41) is 0. The fourth-order valence-corrected chi connectivity index (χ4v) is 3.04. The molecule has 1 aromatic carbocycles. The molecule has 0 bridgehead atoms. The van der Waals surface area contributed by atoms with Crippen LogP contribution in [-0.2, 0) is 6.54 Å². The number of piperazine rings is 1. The molecule has 2 aromatic rings. The lowest BCUT2D eigenvalue weighted by atomic mass is 10.0. The summed E-state index contributed by atoms with van der Waals surface area (Å²) in [5.41, 5.74) is 2.07. The largest absolute Gasteiger partial charge is 0.336 e. The van der Waals surface area contributed by atoms with E-state index in [0.29, 0.717) is 5.92 Å². The van der Waals surface area contributed by atoms with Gasteiger partial charge in [-0.2, -0.15) is 0 Å². The fourth-order valence-electron chi connectivity index (χ4n) is 3.04. The number of hydrogen-bond acceptors (Lipinski definition) is 3. The van der Waals surface area contributed by atoms with Gasteiger partial charge < -0.3 is 9.47 Å². The van der Waals surface area contributed by atoms with Gasteiger partial charge in [0.1, 0.15) is 0 Å². The number of carbonyl (C=O) groups is 1. The minimum Gasteiger partial charge on any atom is -0.336 e. The Kier molecular flexibility index (Phi) is 5.30. The summed E-state index contributed by atoms with van der Waals surface area (Å²) in [6.45, 7) is 9.75. The summed E-state index contributed by atoms with van der Waals surface area (Å²) in [4.78, 5) is 21.1. The van der Waals surface area contributed by atoms with Crippen LogP contribution in [0.5, 0.6) is 0 Å². The van der Waals surface area contributed by atoms with Gasteiger partial charge in [0.2, 0.25) is 0 Å². The van der Waals surface area contributed by atoms with Crippen LogP contribution in [0.25, 0.3) is 0 Å². The molecule has 0 N–H and O–H groups in total. The zero-order valence-electron chi connectivity index (χ0n) is 14.6. The molecule has 0 spiro atoms. The van der Waals surface area contributed by atoms with E-state index in [1.165, 1.54) is 5.56 Å². The third-order valence-electron chi connectivity index (χ3n) is 4.72. The van der Waals surface area contributed by atoms with Crippen molar-refractivity contribution in [2.24, 2.45) is 0 Å². The highest BCUT2D eigenvalue weighted by atomic mass is 16.2. The first-order valence-corrected chi connectivity index (χ1v) is 8.71. The van der Waals surface area contributed by atoms with Crippen LogP contribution in [0.4, 0.5) is 0 Å². The molecule has 0 unspecified atom stereocenters. The lowest BCUT2D eigenvalue weighted by Crippen LogP contribution is -2.49. The van der Waals surface area contributed by atoms with E-state index in [0.717, 1.165) is 44.8 Å². The van der Waals surface area contributed by atoms with Gasteiger partial charge in [-0.25, -0.2) is 4.98 Å². The van der Waals surface area contributed by atoms with Crippen molar-refractivity contribution in [3.63, 3.8) is 0 Å². The van der Waals surface area contributed by atoms with Gasteiger partial charge in [0.15, 0.2) is 0 Å². The highest BCUT2D eigenvalue weighted by molar-refractivity contribution is 5.94. The Morgan fingerprint density at radius 1 is 1.08 bits per heavy atom. The highest BCUT2D eigenvalue weighted by Crippen LogP contribution is 2.16. The van der Waals surface area contributed by atoms with Crippen molar-refractivity contribution in [1.29, 1.82) is 0 Å². The zero-order chi connectivity index (χ0) is 16.9.